The number of nitrogens with zero attached hydrogens (tertiary/aromatic N) is 1. The van der Waals surface area contributed by atoms with E-state index in [4.69, 9.17) is 5.11 Å². The van der Waals surface area contributed by atoms with E-state index in [1.54, 1.807) is 6.07 Å². The van der Waals surface area contributed by atoms with Crippen molar-refractivity contribution < 1.29 is 19.5 Å². The van der Waals surface area contributed by atoms with E-state index >= 15 is 0 Å². The number of carbonyl (C=O) groups excluding carboxylic acids is 2. The van der Waals surface area contributed by atoms with Crippen LogP contribution in [-0.2, 0) is 9.59 Å². The van der Waals surface area contributed by atoms with Crippen molar-refractivity contribution in [3.05, 3.63) is 29.8 Å². The fourth-order valence-corrected chi connectivity index (χ4v) is 2.48. The zero-order valence-corrected chi connectivity index (χ0v) is 12.3. The molecule has 0 unspecified atom stereocenters. The third kappa shape index (κ3) is 3.97. The summed E-state index contributed by atoms with van der Waals surface area (Å²) < 4.78 is 0. The van der Waals surface area contributed by atoms with Gasteiger partial charge in [0.1, 0.15) is 6.04 Å². The highest BCUT2D eigenvalue weighted by Gasteiger charge is 2.33. The molecule has 1 fully saturated rings. The normalized spacial score (nSPS) is 17.1. The lowest BCUT2D eigenvalue weighted by molar-refractivity contribution is -0.147. The average Bonchev–Trinajstić information content (AvgIpc) is 2.94. The van der Waals surface area contributed by atoms with Crippen molar-refractivity contribution in [2.75, 3.05) is 18.4 Å². The van der Waals surface area contributed by atoms with Crippen molar-refractivity contribution in [1.29, 1.82) is 0 Å². The number of aliphatic carboxylic acids is 1. The van der Waals surface area contributed by atoms with Crippen LogP contribution in [0.5, 0.6) is 0 Å². The Morgan fingerprint density at radius 1 is 1.36 bits per heavy atom. The second-order valence-corrected chi connectivity index (χ2v) is 5.26. The molecule has 0 saturated carbocycles. The molecule has 1 atom stereocenters. The summed E-state index contributed by atoms with van der Waals surface area (Å²) in [5.74, 6) is -1.39. The molecule has 0 aromatic heterocycles. The van der Waals surface area contributed by atoms with Crippen molar-refractivity contribution in [3.8, 4) is 0 Å². The number of hydrogen-bond acceptors (Lipinski definition) is 3. The summed E-state index contributed by atoms with van der Waals surface area (Å²) in [5, 5.41) is 14.1. The third-order valence-corrected chi connectivity index (χ3v) is 3.53. The van der Waals surface area contributed by atoms with E-state index in [1.807, 2.05) is 25.1 Å². The summed E-state index contributed by atoms with van der Waals surface area (Å²) >= 11 is 0. The number of hydrogen-bond donors (Lipinski definition) is 3. The molecule has 1 saturated heterocycles. The molecule has 0 aliphatic carbocycles. The number of carbonyl (C=O) groups is 3. The Morgan fingerprint density at radius 3 is 2.82 bits per heavy atom. The van der Waals surface area contributed by atoms with Gasteiger partial charge in [-0.25, -0.2) is 9.59 Å². The maximum absolute atomic E-state index is 12.0. The topological polar surface area (TPSA) is 98.7 Å². The van der Waals surface area contributed by atoms with Gasteiger partial charge in [0.05, 0.1) is 6.54 Å². The second-order valence-electron chi connectivity index (χ2n) is 5.26. The van der Waals surface area contributed by atoms with Crippen LogP contribution >= 0.6 is 0 Å². The van der Waals surface area contributed by atoms with Crippen molar-refractivity contribution in [2.45, 2.75) is 25.8 Å². The minimum Gasteiger partial charge on any atom is -0.480 e. The highest BCUT2D eigenvalue weighted by Crippen LogP contribution is 2.17. The standard InChI is InChI=1S/C15H19N3O4/c1-10-4-2-5-11(8-10)17-15(22)16-9-13(19)18-7-3-6-12(18)14(20)21/h2,4-5,8,12H,3,6-7,9H2,1H3,(H,20,21)(H2,16,17,22)/t12-/m0/s1. The number of likely N-dealkylation sites (tertiary alicyclic amines) is 1. The van der Waals surface area contributed by atoms with Gasteiger partial charge in [-0.2, -0.15) is 0 Å². The molecule has 0 radical (unpaired) electrons. The summed E-state index contributed by atoms with van der Waals surface area (Å²) in [6, 6.07) is 6.00. The average molecular weight is 305 g/mol. The number of rotatable bonds is 4. The smallest absolute Gasteiger partial charge is 0.326 e. The van der Waals surface area contributed by atoms with Crippen molar-refractivity contribution in [3.63, 3.8) is 0 Å². The summed E-state index contributed by atoms with van der Waals surface area (Å²) in [5.41, 5.74) is 1.64. The molecule has 22 heavy (non-hydrogen) atoms. The molecule has 1 aromatic carbocycles. The van der Waals surface area contributed by atoms with E-state index in [-0.39, 0.29) is 12.5 Å². The zero-order valence-electron chi connectivity index (χ0n) is 12.3. The number of carboxylic acids is 1. The molecule has 118 valence electrons. The van der Waals surface area contributed by atoms with Gasteiger partial charge in [0.2, 0.25) is 5.91 Å². The van der Waals surface area contributed by atoms with E-state index in [0.29, 0.717) is 25.1 Å². The fraction of sp³-hybridized carbons (Fsp3) is 0.400. The van der Waals surface area contributed by atoms with E-state index < -0.39 is 18.0 Å². The Labute approximate surface area is 128 Å². The summed E-state index contributed by atoms with van der Waals surface area (Å²) in [6.07, 6.45) is 1.12. The number of nitrogens with one attached hydrogen (secondary N) is 2. The Morgan fingerprint density at radius 2 is 2.14 bits per heavy atom. The van der Waals surface area contributed by atoms with Gasteiger partial charge in [-0.1, -0.05) is 12.1 Å². The van der Waals surface area contributed by atoms with Gasteiger partial charge in [0.25, 0.3) is 0 Å². The molecule has 3 amide bonds. The molecule has 1 aliphatic heterocycles. The second kappa shape index (κ2) is 6.93. The van der Waals surface area contributed by atoms with Gasteiger partial charge in [0, 0.05) is 12.2 Å². The SMILES string of the molecule is Cc1cccc(NC(=O)NCC(=O)N2CCC[C@H]2C(=O)O)c1. The zero-order chi connectivity index (χ0) is 16.1. The lowest BCUT2D eigenvalue weighted by atomic mass is 10.2. The Bertz CT molecular complexity index is 588. The van der Waals surface area contributed by atoms with Crippen LogP contribution in [0.1, 0.15) is 18.4 Å². The van der Waals surface area contributed by atoms with Crippen LogP contribution in [0.4, 0.5) is 10.5 Å². The largest absolute Gasteiger partial charge is 0.480 e. The van der Waals surface area contributed by atoms with Crippen molar-refractivity contribution in [1.82, 2.24) is 10.2 Å². The number of amides is 3. The van der Waals surface area contributed by atoms with Gasteiger partial charge < -0.3 is 20.6 Å². The number of aryl methyl sites for hydroxylation is 1. The molecule has 0 spiro atoms. The first-order chi connectivity index (χ1) is 10.5. The predicted octanol–water partition coefficient (Wildman–Crippen LogP) is 1.19. The van der Waals surface area contributed by atoms with Gasteiger partial charge in [-0.3, -0.25) is 4.79 Å². The molecular weight excluding hydrogens is 286 g/mol. The number of benzene rings is 1. The first-order valence-corrected chi connectivity index (χ1v) is 7.11. The van der Waals surface area contributed by atoms with Gasteiger partial charge in [-0.05, 0) is 37.5 Å². The summed E-state index contributed by atoms with van der Waals surface area (Å²) in [4.78, 5) is 36.1. The monoisotopic (exact) mass is 305 g/mol. The van der Waals surface area contributed by atoms with Crippen LogP contribution in [0.15, 0.2) is 24.3 Å². The van der Waals surface area contributed by atoms with Gasteiger partial charge >= 0.3 is 12.0 Å². The Balaban J connectivity index is 1.83. The maximum atomic E-state index is 12.0. The van der Waals surface area contributed by atoms with Crippen LogP contribution in [0.25, 0.3) is 0 Å². The van der Waals surface area contributed by atoms with Gasteiger partial charge in [0.15, 0.2) is 0 Å². The lowest BCUT2D eigenvalue weighted by Crippen LogP contribution is -2.46. The van der Waals surface area contributed by atoms with E-state index in [0.717, 1.165) is 5.56 Å². The van der Waals surface area contributed by atoms with Crippen LogP contribution in [0, 0.1) is 6.92 Å². The lowest BCUT2D eigenvalue weighted by Gasteiger charge is -2.21. The molecule has 0 bridgehead atoms. The molecule has 1 aromatic rings. The highest BCUT2D eigenvalue weighted by molar-refractivity contribution is 5.93. The Kier molecular flexibility index (Phi) is 4.98. The number of anilines is 1. The minimum absolute atomic E-state index is 0.221. The molecule has 2 rings (SSSR count). The maximum Gasteiger partial charge on any atom is 0.326 e. The minimum atomic E-state index is -1.00. The molecule has 7 nitrogen and oxygen atoms in total. The van der Waals surface area contributed by atoms with E-state index in [1.165, 1.54) is 4.90 Å². The van der Waals surface area contributed by atoms with Crippen LogP contribution in [-0.4, -0.2) is 47.0 Å². The first-order valence-electron chi connectivity index (χ1n) is 7.11. The Hall–Kier alpha value is -2.57. The van der Waals surface area contributed by atoms with Crippen LogP contribution in [0.3, 0.4) is 0 Å². The number of carboxylic acid groups (broad SMARTS) is 1. The third-order valence-electron chi connectivity index (χ3n) is 3.53. The van der Waals surface area contributed by atoms with Crippen molar-refractivity contribution >= 4 is 23.6 Å². The van der Waals surface area contributed by atoms with Crippen LogP contribution < -0.4 is 10.6 Å². The van der Waals surface area contributed by atoms with E-state index in [2.05, 4.69) is 10.6 Å². The summed E-state index contributed by atoms with van der Waals surface area (Å²) in [6.45, 7) is 2.10. The predicted molar refractivity (Wildman–Crippen MR) is 80.6 cm³/mol. The fourth-order valence-electron chi connectivity index (χ4n) is 2.48. The van der Waals surface area contributed by atoms with Crippen LogP contribution in [0.2, 0.25) is 0 Å². The number of urea groups is 1. The molecular formula is C15H19N3O4. The quantitative estimate of drug-likeness (QED) is 0.778. The highest BCUT2D eigenvalue weighted by atomic mass is 16.4. The molecule has 3 N–H and O–H groups in total. The molecule has 7 heteroatoms. The first kappa shape index (κ1) is 15.8. The summed E-state index contributed by atoms with van der Waals surface area (Å²) in [7, 11) is 0. The van der Waals surface area contributed by atoms with Crippen molar-refractivity contribution in [2.24, 2.45) is 0 Å². The van der Waals surface area contributed by atoms with E-state index in [9.17, 15) is 14.4 Å². The molecule has 1 heterocycles. The van der Waals surface area contributed by atoms with Gasteiger partial charge in [-0.15, -0.1) is 0 Å². The molecule has 1 aliphatic rings.